The first-order chi connectivity index (χ1) is 17.4. The van der Waals surface area contributed by atoms with Crippen LogP contribution in [0.1, 0.15) is 18.4 Å². The van der Waals surface area contributed by atoms with Gasteiger partial charge in [0.1, 0.15) is 11.5 Å². The van der Waals surface area contributed by atoms with Crippen LogP contribution in [-0.2, 0) is 11.3 Å². The van der Waals surface area contributed by atoms with Gasteiger partial charge in [-0.2, -0.15) is 18.2 Å². The summed E-state index contributed by atoms with van der Waals surface area (Å²) >= 11 is 0. The highest BCUT2D eigenvalue weighted by atomic mass is 19.4. The van der Waals surface area contributed by atoms with Gasteiger partial charge in [0.15, 0.2) is 23.1 Å². The fourth-order valence-corrected chi connectivity index (χ4v) is 3.87. The largest absolute Gasteiger partial charge is 0.493 e. The van der Waals surface area contributed by atoms with E-state index < -0.39 is 35.5 Å². The maximum atomic E-state index is 15.1. The van der Waals surface area contributed by atoms with Crippen molar-refractivity contribution in [2.75, 3.05) is 42.8 Å². The lowest BCUT2D eigenvalue weighted by atomic mass is 10.0. The van der Waals surface area contributed by atoms with Gasteiger partial charge in [0.2, 0.25) is 5.95 Å². The molecule has 0 unspecified atom stereocenters. The molecule has 0 saturated carbocycles. The van der Waals surface area contributed by atoms with Gasteiger partial charge in [0.05, 0.1) is 20.8 Å². The predicted molar refractivity (Wildman–Crippen MR) is 120 cm³/mol. The number of halogens is 5. The van der Waals surface area contributed by atoms with Crippen LogP contribution in [0.2, 0.25) is 0 Å². The third kappa shape index (κ3) is 5.73. The van der Waals surface area contributed by atoms with Crippen molar-refractivity contribution in [3.05, 3.63) is 29.5 Å². The quantitative estimate of drug-likeness (QED) is 0.505. The van der Waals surface area contributed by atoms with E-state index in [9.17, 15) is 18.0 Å². The number of anilines is 3. The molecule has 3 heterocycles. The fourth-order valence-electron chi connectivity index (χ4n) is 3.87. The molecule has 2 aliphatic heterocycles. The van der Waals surface area contributed by atoms with Gasteiger partial charge < -0.3 is 25.6 Å². The lowest BCUT2D eigenvalue weighted by molar-refractivity contribution is -0.192. The van der Waals surface area contributed by atoms with Crippen LogP contribution < -0.4 is 30.3 Å². The smallest absolute Gasteiger partial charge is 0.490 e. The maximum absolute atomic E-state index is 15.1. The molecule has 2 aromatic rings. The van der Waals surface area contributed by atoms with Crippen LogP contribution in [0, 0.1) is 11.6 Å². The van der Waals surface area contributed by atoms with E-state index in [0.717, 1.165) is 11.0 Å². The molecule has 0 aliphatic carbocycles. The highest BCUT2D eigenvalue weighted by molar-refractivity contribution is 6.06. The van der Waals surface area contributed by atoms with Crippen molar-refractivity contribution in [3.63, 3.8) is 0 Å². The molecule has 11 nitrogen and oxygen atoms in total. The van der Waals surface area contributed by atoms with Gasteiger partial charge in [-0.05, 0) is 25.9 Å². The first-order valence-electron chi connectivity index (χ1n) is 10.7. The molecule has 37 heavy (non-hydrogen) atoms. The molecule has 1 saturated heterocycles. The molecule has 2 amide bonds. The van der Waals surface area contributed by atoms with Crippen molar-refractivity contribution in [3.8, 4) is 11.5 Å². The molecular formula is C21H23F5N6O5. The highest BCUT2D eigenvalue weighted by Crippen LogP contribution is 2.41. The molecule has 2 aliphatic rings. The number of rotatable bonds is 4. The molecule has 0 radical (unpaired) electrons. The van der Waals surface area contributed by atoms with Gasteiger partial charge in [-0.15, -0.1) is 0 Å². The van der Waals surface area contributed by atoms with Crippen LogP contribution in [0.3, 0.4) is 0 Å². The van der Waals surface area contributed by atoms with Crippen LogP contribution >= 0.6 is 0 Å². The van der Waals surface area contributed by atoms with E-state index in [1.807, 2.05) is 0 Å². The molecule has 1 fully saturated rings. The Morgan fingerprint density at radius 1 is 1.16 bits per heavy atom. The van der Waals surface area contributed by atoms with Crippen molar-refractivity contribution in [2.24, 2.45) is 0 Å². The number of alkyl halides is 3. The van der Waals surface area contributed by atoms with Gasteiger partial charge in [-0.1, -0.05) is 0 Å². The van der Waals surface area contributed by atoms with E-state index in [-0.39, 0.29) is 30.0 Å². The van der Waals surface area contributed by atoms with Crippen molar-refractivity contribution >= 4 is 29.5 Å². The van der Waals surface area contributed by atoms with E-state index in [0.29, 0.717) is 37.3 Å². The van der Waals surface area contributed by atoms with Crippen molar-refractivity contribution in [2.45, 2.75) is 31.6 Å². The molecule has 4 N–H and O–H groups in total. The number of carbonyl (C=O) groups excluding carboxylic acids is 1. The van der Waals surface area contributed by atoms with E-state index in [1.165, 1.54) is 25.3 Å². The van der Waals surface area contributed by atoms with Crippen LogP contribution in [-0.4, -0.2) is 66.6 Å². The number of aliphatic carboxylic acids is 1. The van der Waals surface area contributed by atoms with Gasteiger partial charge in [-0.25, -0.2) is 23.4 Å². The number of aromatic nitrogens is 2. The van der Waals surface area contributed by atoms with Gasteiger partial charge in [-0.3, -0.25) is 9.80 Å². The van der Waals surface area contributed by atoms with Crippen LogP contribution in [0.5, 0.6) is 11.5 Å². The average Bonchev–Trinajstić information content (AvgIpc) is 2.85. The number of amides is 2. The summed E-state index contributed by atoms with van der Waals surface area (Å²) in [4.78, 5) is 33.1. The molecule has 1 aromatic carbocycles. The Bertz CT molecular complexity index is 1150. The number of nitrogens with zero attached hydrogens (tertiary/aromatic N) is 4. The molecule has 4 rings (SSSR count). The topological polar surface area (TPSA) is 143 Å². The first kappa shape index (κ1) is 27.6. The van der Waals surface area contributed by atoms with Gasteiger partial charge in [0.25, 0.3) is 0 Å². The zero-order chi connectivity index (χ0) is 27.5. The Morgan fingerprint density at radius 2 is 1.70 bits per heavy atom. The zero-order valence-corrected chi connectivity index (χ0v) is 19.6. The number of nitrogen functional groups attached to an aromatic ring is 1. The van der Waals surface area contributed by atoms with E-state index in [2.05, 4.69) is 15.3 Å². The third-order valence-corrected chi connectivity index (χ3v) is 5.59. The third-order valence-electron chi connectivity index (χ3n) is 5.59. The number of carbonyl (C=O) groups is 2. The molecule has 16 heteroatoms. The Balaban J connectivity index is 0.000000479. The van der Waals surface area contributed by atoms with Crippen molar-refractivity contribution in [1.82, 2.24) is 15.3 Å². The Kier molecular flexibility index (Phi) is 8.20. The molecule has 0 atom stereocenters. The molecule has 202 valence electrons. The Labute approximate surface area is 207 Å². The summed E-state index contributed by atoms with van der Waals surface area (Å²) < 4.78 is 72.0. The van der Waals surface area contributed by atoms with Crippen LogP contribution in [0.25, 0.3) is 0 Å². The lowest BCUT2D eigenvalue weighted by Crippen LogP contribution is -2.55. The number of carboxylic acids is 1. The van der Waals surface area contributed by atoms with Crippen molar-refractivity contribution < 1.29 is 46.1 Å². The number of nitrogens with one attached hydrogen (secondary N) is 1. The summed E-state index contributed by atoms with van der Waals surface area (Å²) in [6.45, 7) is 1.29. The van der Waals surface area contributed by atoms with E-state index >= 15 is 8.78 Å². The number of hydrogen-bond acceptors (Lipinski definition) is 8. The molecular weight excluding hydrogens is 511 g/mol. The number of hydrogen-bond donors (Lipinski definition) is 3. The Morgan fingerprint density at radius 3 is 2.19 bits per heavy atom. The van der Waals surface area contributed by atoms with Crippen LogP contribution in [0.15, 0.2) is 12.3 Å². The number of carboxylic acid groups (broad SMARTS) is 1. The fraction of sp³-hybridized carbons (Fsp3) is 0.429. The molecule has 1 aromatic heterocycles. The monoisotopic (exact) mass is 534 g/mol. The first-order valence-corrected chi connectivity index (χ1v) is 10.7. The summed E-state index contributed by atoms with van der Waals surface area (Å²) in [6.07, 6.45) is -2.29. The molecule has 0 spiro atoms. The number of urea groups is 1. The van der Waals surface area contributed by atoms with Crippen LogP contribution in [0.4, 0.5) is 44.2 Å². The zero-order valence-electron chi connectivity index (χ0n) is 19.6. The standard InChI is InChI=1S/C19H22F2N6O3.C2HF3O2/c1-29-12-7-13(30-2)15(21)16(14(12)20)26-9-10-8-24-18(22)25-17(10)27(19(26)28)11-3-5-23-6-4-11;3-2(4,5)1(6)7/h7-8,11,23H,3-6,9H2,1-2H3,(H2,22,24,25);(H,6,7). The van der Waals surface area contributed by atoms with Gasteiger partial charge >= 0.3 is 18.2 Å². The minimum Gasteiger partial charge on any atom is -0.493 e. The number of ether oxygens (including phenoxy) is 2. The normalized spacial score (nSPS) is 16.0. The number of benzene rings is 1. The average molecular weight is 534 g/mol. The summed E-state index contributed by atoms with van der Waals surface area (Å²) in [5, 5.41) is 10.4. The minimum absolute atomic E-state index is 0.0225. The second-order valence-electron chi connectivity index (χ2n) is 7.86. The summed E-state index contributed by atoms with van der Waals surface area (Å²) in [6, 6.07) is 0.305. The number of nitrogens with two attached hydrogens (primary N) is 1. The highest BCUT2D eigenvalue weighted by Gasteiger charge is 2.41. The lowest BCUT2D eigenvalue weighted by Gasteiger charge is -2.41. The number of fused-ring (bicyclic) bond motifs is 1. The SMILES string of the molecule is COc1cc(OC)c(F)c(N2Cc3cnc(N)nc3N(C3CCNCC3)C2=O)c1F.O=C(O)C(F)(F)F. The number of methoxy groups -OCH3 is 2. The summed E-state index contributed by atoms with van der Waals surface area (Å²) in [5.74, 6) is -4.82. The molecule has 0 bridgehead atoms. The summed E-state index contributed by atoms with van der Waals surface area (Å²) in [5.41, 5.74) is 5.74. The number of piperidine rings is 1. The van der Waals surface area contributed by atoms with E-state index in [1.54, 1.807) is 0 Å². The van der Waals surface area contributed by atoms with Gasteiger partial charge in [0, 0.05) is 23.9 Å². The van der Waals surface area contributed by atoms with E-state index in [4.69, 9.17) is 25.1 Å². The second-order valence-corrected chi connectivity index (χ2v) is 7.86. The summed E-state index contributed by atoms with van der Waals surface area (Å²) in [7, 11) is 2.51. The van der Waals surface area contributed by atoms with Crippen molar-refractivity contribution in [1.29, 1.82) is 0 Å². The predicted octanol–water partition coefficient (Wildman–Crippen LogP) is 2.69. The minimum atomic E-state index is -5.08. The maximum Gasteiger partial charge on any atom is 0.490 e. The second kappa shape index (κ2) is 11.0. The Hall–Kier alpha value is -3.95.